The molecular weight excluding hydrogens is 293 g/mol. The van der Waals surface area contributed by atoms with Gasteiger partial charge in [-0.2, -0.15) is 0 Å². The van der Waals surface area contributed by atoms with Crippen LogP contribution < -0.4 is 5.32 Å². The number of benzene rings is 1. The molecule has 0 radical (unpaired) electrons. The Bertz CT molecular complexity index is 640. The first-order valence-corrected chi connectivity index (χ1v) is 7.56. The summed E-state index contributed by atoms with van der Waals surface area (Å²) in [5.74, 6) is 0.519. The van der Waals surface area contributed by atoms with Crippen molar-refractivity contribution in [3.8, 4) is 0 Å². The molecule has 0 aliphatic heterocycles. The maximum Gasteiger partial charge on any atom is 0.277 e. The smallest absolute Gasteiger partial charge is 0.277 e. The molecule has 5 nitrogen and oxygen atoms in total. The third-order valence-corrected chi connectivity index (χ3v) is 4.04. The largest absolute Gasteiger partial charge is 0.416 e. The van der Waals surface area contributed by atoms with Gasteiger partial charge in [0.25, 0.3) is 5.22 Å². The van der Waals surface area contributed by atoms with Gasteiger partial charge in [-0.3, -0.25) is 4.79 Å². The molecule has 3 rings (SSSR count). The number of aromatic nitrogens is 2. The summed E-state index contributed by atoms with van der Waals surface area (Å²) < 4.78 is 18.3. The van der Waals surface area contributed by atoms with Gasteiger partial charge in [-0.05, 0) is 44.0 Å². The molecule has 1 saturated carbocycles. The molecule has 1 aromatic carbocycles. The van der Waals surface area contributed by atoms with E-state index in [1.807, 2.05) is 0 Å². The average molecular weight is 307 g/mol. The van der Waals surface area contributed by atoms with Gasteiger partial charge < -0.3 is 9.73 Å². The highest BCUT2D eigenvalue weighted by Crippen LogP contribution is 2.40. The van der Waals surface area contributed by atoms with Crippen LogP contribution in [0.15, 0.2) is 33.9 Å². The summed E-state index contributed by atoms with van der Waals surface area (Å²) in [5, 5.41) is 10.6. The van der Waals surface area contributed by atoms with Gasteiger partial charge in [0, 0.05) is 11.6 Å². The summed E-state index contributed by atoms with van der Waals surface area (Å²) in [5.41, 5.74) is 0.554. The normalized spacial score (nSPS) is 15.7. The summed E-state index contributed by atoms with van der Waals surface area (Å²) in [6.45, 7) is 1.75. The van der Waals surface area contributed by atoms with Crippen molar-refractivity contribution in [2.75, 3.05) is 5.32 Å². The van der Waals surface area contributed by atoms with Crippen LogP contribution in [-0.2, 0) is 4.79 Å². The van der Waals surface area contributed by atoms with Crippen LogP contribution in [0.2, 0.25) is 0 Å². The molecule has 110 valence electrons. The minimum Gasteiger partial charge on any atom is -0.416 e. The number of carbonyl (C=O) groups excluding carboxylic acids is 1. The first kappa shape index (κ1) is 14.1. The van der Waals surface area contributed by atoms with Crippen molar-refractivity contribution >= 4 is 23.4 Å². The summed E-state index contributed by atoms with van der Waals surface area (Å²) in [6.07, 6.45) is 2.18. The number of halogens is 1. The Morgan fingerprint density at radius 3 is 2.76 bits per heavy atom. The zero-order valence-electron chi connectivity index (χ0n) is 11.4. The molecule has 0 saturated heterocycles. The fourth-order valence-corrected chi connectivity index (χ4v) is 2.44. The Kier molecular flexibility index (Phi) is 3.92. The molecule has 2 aromatic rings. The molecule has 1 atom stereocenters. The lowest BCUT2D eigenvalue weighted by Gasteiger charge is -2.09. The molecule has 21 heavy (non-hydrogen) atoms. The monoisotopic (exact) mass is 307 g/mol. The van der Waals surface area contributed by atoms with E-state index in [0.717, 1.165) is 12.8 Å². The molecule has 1 amide bonds. The number of thioether (sulfide) groups is 1. The molecule has 0 bridgehead atoms. The molecule has 7 heteroatoms. The Hall–Kier alpha value is -1.89. The quantitative estimate of drug-likeness (QED) is 0.859. The van der Waals surface area contributed by atoms with E-state index in [9.17, 15) is 9.18 Å². The molecule has 0 unspecified atom stereocenters. The van der Waals surface area contributed by atoms with Crippen molar-refractivity contribution < 1.29 is 13.6 Å². The number of anilines is 1. The lowest BCUT2D eigenvalue weighted by atomic mass is 10.3. The molecule has 1 aliphatic carbocycles. The zero-order valence-corrected chi connectivity index (χ0v) is 12.2. The van der Waals surface area contributed by atoms with Gasteiger partial charge in [0.05, 0.1) is 5.25 Å². The molecule has 1 aliphatic rings. The molecule has 1 heterocycles. The van der Waals surface area contributed by atoms with E-state index in [1.165, 1.54) is 36.0 Å². The van der Waals surface area contributed by atoms with Crippen molar-refractivity contribution in [1.29, 1.82) is 0 Å². The second-order valence-corrected chi connectivity index (χ2v) is 6.23. The van der Waals surface area contributed by atoms with Crippen molar-refractivity contribution in [2.45, 2.75) is 36.2 Å². The zero-order chi connectivity index (χ0) is 14.8. The van der Waals surface area contributed by atoms with Gasteiger partial charge in [0.15, 0.2) is 0 Å². The maximum absolute atomic E-state index is 12.8. The van der Waals surface area contributed by atoms with E-state index < -0.39 is 0 Å². The Morgan fingerprint density at radius 1 is 1.38 bits per heavy atom. The van der Waals surface area contributed by atoms with Crippen LogP contribution in [-0.4, -0.2) is 21.4 Å². The van der Waals surface area contributed by atoms with Crippen LogP contribution in [0.5, 0.6) is 0 Å². The van der Waals surface area contributed by atoms with Crippen LogP contribution in [0.1, 0.15) is 31.6 Å². The molecule has 1 fully saturated rings. The summed E-state index contributed by atoms with van der Waals surface area (Å²) >= 11 is 1.21. The highest BCUT2D eigenvalue weighted by molar-refractivity contribution is 8.00. The summed E-state index contributed by atoms with van der Waals surface area (Å²) in [4.78, 5) is 12.0. The number of rotatable bonds is 5. The Morgan fingerprint density at radius 2 is 2.10 bits per heavy atom. The second-order valence-electron chi connectivity index (χ2n) is 4.94. The lowest BCUT2D eigenvalue weighted by Crippen LogP contribution is -2.22. The van der Waals surface area contributed by atoms with Gasteiger partial charge in [0.1, 0.15) is 5.82 Å². The lowest BCUT2D eigenvalue weighted by molar-refractivity contribution is -0.115. The van der Waals surface area contributed by atoms with Crippen molar-refractivity contribution in [1.82, 2.24) is 10.2 Å². The van der Waals surface area contributed by atoms with Crippen molar-refractivity contribution in [3.63, 3.8) is 0 Å². The number of nitrogens with one attached hydrogen (secondary N) is 1. The van der Waals surface area contributed by atoms with Crippen molar-refractivity contribution in [2.24, 2.45) is 0 Å². The van der Waals surface area contributed by atoms with E-state index in [4.69, 9.17) is 4.42 Å². The molecule has 0 spiro atoms. The van der Waals surface area contributed by atoms with E-state index in [0.29, 0.717) is 22.7 Å². The fraction of sp³-hybridized carbons (Fsp3) is 0.357. The van der Waals surface area contributed by atoms with Crippen LogP contribution in [0.4, 0.5) is 10.1 Å². The summed E-state index contributed by atoms with van der Waals surface area (Å²) in [6, 6.07) is 5.63. The first-order valence-electron chi connectivity index (χ1n) is 6.68. The third-order valence-electron chi connectivity index (χ3n) is 3.11. The first-order chi connectivity index (χ1) is 10.1. The van der Waals surface area contributed by atoms with Crippen LogP contribution in [0.25, 0.3) is 0 Å². The van der Waals surface area contributed by atoms with Gasteiger partial charge >= 0.3 is 0 Å². The number of amides is 1. The Balaban J connectivity index is 1.57. The van der Waals surface area contributed by atoms with E-state index in [2.05, 4.69) is 15.5 Å². The standard InChI is InChI=1S/C14H14FN3O2S/c1-8(12(19)16-11-6-4-10(15)5-7-11)21-14-18-17-13(20-14)9-2-3-9/h4-9H,2-3H2,1H3,(H,16,19)/t8-/m1/s1. The van der Waals surface area contributed by atoms with Gasteiger partial charge in [-0.15, -0.1) is 10.2 Å². The van der Waals surface area contributed by atoms with Crippen molar-refractivity contribution in [3.05, 3.63) is 36.0 Å². The SMILES string of the molecule is C[C@@H](Sc1nnc(C2CC2)o1)C(=O)Nc1ccc(F)cc1. The van der Waals surface area contributed by atoms with Gasteiger partial charge in [0.2, 0.25) is 11.8 Å². The highest BCUT2D eigenvalue weighted by atomic mass is 32.2. The summed E-state index contributed by atoms with van der Waals surface area (Å²) in [7, 11) is 0. The average Bonchev–Trinajstić information content (AvgIpc) is 3.22. The molecular formula is C14H14FN3O2S. The third kappa shape index (κ3) is 3.60. The van der Waals surface area contributed by atoms with Crippen LogP contribution in [0.3, 0.4) is 0 Å². The predicted octanol–water partition coefficient (Wildman–Crippen LogP) is 3.21. The molecule has 1 N–H and O–H groups in total. The number of carbonyl (C=O) groups is 1. The fourth-order valence-electron chi connectivity index (χ4n) is 1.75. The van der Waals surface area contributed by atoms with Gasteiger partial charge in [-0.1, -0.05) is 11.8 Å². The van der Waals surface area contributed by atoms with Gasteiger partial charge in [-0.25, -0.2) is 4.39 Å². The highest BCUT2D eigenvalue weighted by Gasteiger charge is 2.30. The number of nitrogens with zero attached hydrogens (tertiary/aromatic N) is 2. The second kappa shape index (κ2) is 5.85. The number of hydrogen-bond acceptors (Lipinski definition) is 5. The minimum absolute atomic E-state index is 0.196. The minimum atomic E-state index is -0.387. The van der Waals surface area contributed by atoms with Crippen LogP contribution in [0, 0.1) is 5.82 Å². The predicted molar refractivity (Wildman–Crippen MR) is 76.6 cm³/mol. The van der Waals surface area contributed by atoms with E-state index in [1.54, 1.807) is 6.92 Å². The number of hydrogen-bond donors (Lipinski definition) is 1. The van der Waals surface area contributed by atoms with E-state index in [-0.39, 0.29) is 17.0 Å². The maximum atomic E-state index is 12.8. The topological polar surface area (TPSA) is 68.0 Å². The Labute approximate surface area is 125 Å². The van der Waals surface area contributed by atoms with E-state index >= 15 is 0 Å². The molecule has 1 aromatic heterocycles. The van der Waals surface area contributed by atoms with Crippen LogP contribution >= 0.6 is 11.8 Å².